The van der Waals surface area contributed by atoms with Gasteiger partial charge in [0.05, 0.1) is 17.7 Å². The first-order chi connectivity index (χ1) is 7.27. The Morgan fingerprint density at radius 2 is 2.40 bits per heavy atom. The zero-order chi connectivity index (χ0) is 10.8. The molecule has 1 heterocycles. The lowest BCUT2D eigenvalue weighted by Gasteiger charge is -2.19. The molecule has 0 spiro atoms. The number of halogens is 1. The smallest absolute Gasteiger partial charge is 0.154 e. The Bertz CT molecular complexity index is 404. The fraction of sp³-hybridized carbons (Fsp3) is 0.364. The van der Waals surface area contributed by atoms with Gasteiger partial charge in [-0.15, -0.1) is 11.8 Å². The van der Waals surface area contributed by atoms with E-state index in [-0.39, 0.29) is 0 Å². The van der Waals surface area contributed by atoms with E-state index in [2.05, 4.69) is 0 Å². The maximum absolute atomic E-state index is 11.1. The Labute approximate surface area is 98.0 Å². The molecule has 4 heteroatoms. The molecule has 1 aromatic carbocycles. The van der Waals surface area contributed by atoms with Crippen LogP contribution in [0.4, 0.5) is 0 Å². The summed E-state index contributed by atoms with van der Waals surface area (Å²) in [5.74, 6) is 1.60. The van der Waals surface area contributed by atoms with Crippen molar-refractivity contribution in [2.75, 3.05) is 12.9 Å². The number of aldehydes is 1. The van der Waals surface area contributed by atoms with Crippen LogP contribution in [-0.4, -0.2) is 19.1 Å². The van der Waals surface area contributed by atoms with E-state index in [4.69, 9.17) is 16.3 Å². The van der Waals surface area contributed by atoms with Gasteiger partial charge in [0.15, 0.2) is 6.29 Å². The summed E-state index contributed by atoms with van der Waals surface area (Å²) in [6.45, 7) is 0. The highest BCUT2D eigenvalue weighted by Gasteiger charge is 2.20. The molecule has 0 unspecified atom stereocenters. The van der Waals surface area contributed by atoms with Crippen LogP contribution < -0.4 is 4.74 Å². The number of hydrogen-bond acceptors (Lipinski definition) is 3. The number of hydrogen-bond donors (Lipinski definition) is 0. The Morgan fingerprint density at radius 1 is 1.60 bits per heavy atom. The Balaban J connectivity index is 2.64. The number of carbonyl (C=O) groups excluding carboxylic acids is 1. The highest BCUT2D eigenvalue weighted by Crippen LogP contribution is 2.40. The van der Waals surface area contributed by atoms with Gasteiger partial charge in [0.25, 0.3) is 0 Å². The van der Waals surface area contributed by atoms with Gasteiger partial charge in [-0.25, -0.2) is 0 Å². The summed E-state index contributed by atoms with van der Waals surface area (Å²) in [4.78, 5) is 12.2. The molecule has 1 aliphatic rings. The fourth-order valence-corrected chi connectivity index (χ4v) is 3.26. The van der Waals surface area contributed by atoms with E-state index >= 15 is 0 Å². The third-order valence-corrected chi connectivity index (χ3v) is 3.94. The molecule has 1 aliphatic heterocycles. The van der Waals surface area contributed by atoms with Crippen LogP contribution in [0.1, 0.15) is 22.3 Å². The van der Waals surface area contributed by atoms with Crippen molar-refractivity contribution < 1.29 is 9.53 Å². The van der Waals surface area contributed by atoms with E-state index in [9.17, 15) is 4.79 Å². The van der Waals surface area contributed by atoms with Gasteiger partial charge in [-0.2, -0.15) is 0 Å². The molecule has 0 aliphatic carbocycles. The lowest BCUT2D eigenvalue weighted by molar-refractivity contribution is 0.111. The molecule has 0 saturated heterocycles. The lowest BCUT2D eigenvalue weighted by atomic mass is 10.0. The third kappa shape index (κ3) is 1.86. The van der Waals surface area contributed by atoms with Crippen LogP contribution >= 0.6 is 23.4 Å². The van der Waals surface area contributed by atoms with Crippen molar-refractivity contribution in [1.29, 1.82) is 0 Å². The molecular formula is C11H11ClO2S. The van der Waals surface area contributed by atoms with Gasteiger partial charge in [0.2, 0.25) is 0 Å². The van der Waals surface area contributed by atoms with Crippen LogP contribution in [0.25, 0.3) is 0 Å². The first-order valence-electron chi connectivity index (χ1n) is 4.75. The third-order valence-electron chi connectivity index (χ3n) is 2.49. The molecule has 0 fully saturated rings. The minimum absolute atomic E-state index is 0.507. The Hall–Kier alpha value is -0.670. The SMILES string of the molecule is COc1c(Cl)cc2c(c1C=O)CCCS2. The molecule has 2 nitrogen and oxygen atoms in total. The van der Waals surface area contributed by atoms with E-state index < -0.39 is 0 Å². The van der Waals surface area contributed by atoms with Crippen molar-refractivity contribution in [1.82, 2.24) is 0 Å². The van der Waals surface area contributed by atoms with Gasteiger partial charge in [-0.3, -0.25) is 4.79 Å². The van der Waals surface area contributed by atoms with Crippen molar-refractivity contribution in [3.05, 3.63) is 22.2 Å². The number of ether oxygens (including phenoxy) is 1. The summed E-state index contributed by atoms with van der Waals surface area (Å²) < 4.78 is 5.16. The zero-order valence-corrected chi connectivity index (χ0v) is 9.95. The molecular weight excluding hydrogens is 232 g/mol. The van der Waals surface area contributed by atoms with Crippen LogP contribution in [0.5, 0.6) is 5.75 Å². The molecule has 0 bridgehead atoms. The molecule has 0 saturated carbocycles. The van der Waals surface area contributed by atoms with Crippen LogP contribution in [0, 0.1) is 0 Å². The lowest BCUT2D eigenvalue weighted by Crippen LogP contribution is -2.05. The molecule has 0 atom stereocenters. The molecule has 0 aromatic heterocycles. The Morgan fingerprint density at radius 3 is 3.07 bits per heavy atom. The predicted octanol–water partition coefficient (Wildman–Crippen LogP) is 3.20. The summed E-state index contributed by atoms with van der Waals surface area (Å²) in [6, 6.07) is 1.90. The van der Waals surface area contributed by atoms with Crippen molar-refractivity contribution in [3.8, 4) is 5.75 Å². The predicted molar refractivity (Wildman–Crippen MR) is 62.4 cm³/mol. The second-order valence-corrected chi connectivity index (χ2v) is 4.90. The largest absolute Gasteiger partial charge is 0.494 e. The molecule has 0 N–H and O–H groups in total. The van der Waals surface area contributed by atoms with Crippen LogP contribution in [-0.2, 0) is 6.42 Å². The van der Waals surface area contributed by atoms with Gasteiger partial charge in [-0.1, -0.05) is 11.6 Å². The van der Waals surface area contributed by atoms with E-state index in [0.717, 1.165) is 35.3 Å². The monoisotopic (exact) mass is 242 g/mol. The summed E-state index contributed by atoms with van der Waals surface area (Å²) in [7, 11) is 1.54. The summed E-state index contributed by atoms with van der Waals surface area (Å²) >= 11 is 7.80. The molecule has 1 aromatic rings. The topological polar surface area (TPSA) is 26.3 Å². The van der Waals surface area contributed by atoms with Gasteiger partial charge in [-0.05, 0) is 30.2 Å². The minimum atomic E-state index is 0.507. The van der Waals surface area contributed by atoms with E-state index in [0.29, 0.717) is 16.3 Å². The maximum atomic E-state index is 11.1. The molecule has 0 amide bonds. The molecule has 2 rings (SSSR count). The highest BCUT2D eigenvalue weighted by atomic mass is 35.5. The Kier molecular flexibility index (Phi) is 3.22. The van der Waals surface area contributed by atoms with Gasteiger partial charge in [0, 0.05) is 4.90 Å². The number of methoxy groups -OCH3 is 1. The second-order valence-electron chi connectivity index (χ2n) is 3.35. The summed E-state index contributed by atoms with van der Waals surface area (Å²) in [5, 5.41) is 0.521. The normalized spacial score (nSPS) is 14.5. The van der Waals surface area contributed by atoms with Crippen molar-refractivity contribution in [3.63, 3.8) is 0 Å². The number of rotatable bonds is 2. The number of carbonyl (C=O) groups is 1. The van der Waals surface area contributed by atoms with Crippen LogP contribution in [0.15, 0.2) is 11.0 Å². The summed E-state index contributed by atoms with van der Waals surface area (Å²) in [5.41, 5.74) is 1.70. The first-order valence-corrected chi connectivity index (χ1v) is 6.11. The average molecular weight is 243 g/mol. The minimum Gasteiger partial charge on any atom is -0.494 e. The van der Waals surface area contributed by atoms with Gasteiger partial charge < -0.3 is 4.74 Å². The molecule has 80 valence electrons. The van der Waals surface area contributed by atoms with E-state index in [1.54, 1.807) is 11.8 Å². The highest BCUT2D eigenvalue weighted by molar-refractivity contribution is 7.99. The summed E-state index contributed by atoms with van der Waals surface area (Å²) in [6.07, 6.45) is 2.88. The fourth-order valence-electron chi connectivity index (χ4n) is 1.82. The van der Waals surface area contributed by atoms with Crippen LogP contribution in [0.2, 0.25) is 5.02 Å². The molecule has 15 heavy (non-hydrogen) atoms. The van der Waals surface area contributed by atoms with E-state index in [1.807, 2.05) is 6.07 Å². The number of thioether (sulfide) groups is 1. The maximum Gasteiger partial charge on any atom is 0.154 e. The first kappa shape index (κ1) is 10.8. The number of benzene rings is 1. The molecule has 0 radical (unpaired) electrons. The van der Waals surface area contributed by atoms with E-state index in [1.165, 1.54) is 7.11 Å². The average Bonchev–Trinajstić information content (AvgIpc) is 2.27. The second kappa shape index (κ2) is 4.45. The van der Waals surface area contributed by atoms with Crippen LogP contribution in [0.3, 0.4) is 0 Å². The van der Waals surface area contributed by atoms with Gasteiger partial charge in [0.1, 0.15) is 5.75 Å². The van der Waals surface area contributed by atoms with Crippen molar-refractivity contribution in [2.24, 2.45) is 0 Å². The zero-order valence-electron chi connectivity index (χ0n) is 8.38. The number of fused-ring (bicyclic) bond motifs is 1. The van der Waals surface area contributed by atoms with Crippen molar-refractivity contribution >= 4 is 29.6 Å². The van der Waals surface area contributed by atoms with Gasteiger partial charge >= 0.3 is 0 Å². The standard InChI is InChI=1S/C11H11ClO2S/c1-14-11-8(6-13)7-3-2-4-15-10(7)5-9(11)12/h5-6H,2-4H2,1H3. The quantitative estimate of drug-likeness (QED) is 0.745. The van der Waals surface area contributed by atoms with Crippen molar-refractivity contribution in [2.45, 2.75) is 17.7 Å².